The highest BCUT2D eigenvalue weighted by Crippen LogP contribution is 2.28. The number of rotatable bonds is 2. The Morgan fingerprint density at radius 1 is 1.29 bits per heavy atom. The molecule has 0 saturated carbocycles. The molecular weight excluding hydrogens is 214 g/mol. The van der Waals surface area contributed by atoms with E-state index in [1.807, 2.05) is 19.1 Å². The van der Waals surface area contributed by atoms with Crippen molar-refractivity contribution >= 4 is 5.69 Å². The van der Waals surface area contributed by atoms with Crippen LogP contribution in [0.15, 0.2) is 36.5 Å². The molecule has 0 spiro atoms. The van der Waals surface area contributed by atoms with Crippen LogP contribution in [0.5, 0.6) is 11.5 Å². The minimum atomic E-state index is 0.259. The smallest absolute Gasteiger partial charge is 0.183 e. The number of pyridine rings is 1. The van der Waals surface area contributed by atoms with Crippen molar-refractivity contribution in [2.45, 2.75) is 6.92 Å². The van der Waals surface area contributed by atoms with E-state index in [0.29, 0.717) is 17.2 Å². The van der Waals surface area contributed by atoms with E-state index in [2.05, 4.69) is 4.98 Å². The summed E-state index contributed by atoms with van der Waals surface area (Å²) in [5.41, 5.74) is 7.52. The molecule has 0 amide bonds. The number of aromatic nitrogens is 1. The van der Waals surface area contributed by atoms with E-state index in [1.165, 1.54) is 0 Å². The van der Waals surface area contributed by atoms with Crippen molar-refractivity contribution in [3.8, 4) is 17.6 Å². The van der Waals surface area contributed by atoms with Crippen LogP contribution in [-0.2, 0) is 0 Å². The fraction of sp³-hybridized carbons (Fsp3) is 0.0769. The summed E-state index contributed by atoms with van der Waals surface area (Å²) in [4.78, 5) is 3.93. The number of hydrogen-bond donors (Lipinski definition) is 1. The van der Waals surface area contributed by atoms with Crippen LogP contribution in [0.25, 0.3) is 0 Å². The average molecular weight is 225 g/mol. The molecule has 2 aromatic rings. The van der Waals surface area contributed by atoms with Gasteiger partial charge in [-0.1, -0.05) is 6.07 Å². The third-order valence-electron chi connectivity index (χ3n) is 2.31. The van der Waals surface area contributed by atoms with Crippen molar-refractivity contribution in [1.82, 2.24) is 4.98 Å². The summed E-state index contributed by atoms with van der Waals surface area (Å²) in [6.45, 7) is 1.91. The molecule has 0 aliphatic rings. The lowest BCUT2D eigenvalue weighted by molar-refractivity contribution is 0.475. The fourth-order valence-electron chi connectivity index (χ4n) is 1.40. The van der Waals surface area contributed by atoms with Gasteiger partial charge in [0.2, 0.25) is 0 Å². The van der Waals surface area contributed by atoms with Gasteiger partial charge in [0.25, 0.3) is 0 Å². The van der Waals surface area contributed by atoms with Gasteiger partial charge < -0.3 is 10.5 Å². The predicted octanol–water partition coefficient (Wildman–Crippen LogP) is 2.64. The number of nitrogens with two attached hydrogens (primary N) is 1. The minimum Gasteiger partial charge on any atom is -0.454 e. The van der Waals surface area contributed by atoms with Gasteiger partial charge in [-0.25, -0.2) is 4.98 Å². The van der Waals surface area contributed by atoms with E-state index in [0.717, 1.165) is 5.56 Å². The number of nitrogens with zero attached hydrogens (tertiary/aromatic N) is 2. The predicted molar refractivity (Wildman–Crippen MR) is 64.6 cm³/mol. The van der Waals surface area contributed by atoms with Crippen LogP contribution in [0.1, 0.15) is 11.3 Å². The number of benzene rings is 1. The first-order valence-corrected chi connectivity index (χ1v) is 5.10. The van der Waals surface area contributed by atoms with Crippen LogP contribution >= 0.6 is 0 Å². The second kappa shape index (κ2) is 4.54. The number of hydrogen-bond acceptors (Lipinski definition) is 4. The molecule has 0 saturated heterocycles. The molecule has 0 radical (unpaired) electrons. The quantitative estimate of drug-likeness (QED) is 0.797. The van der Waals surface area contributed by atoms with E-state index >= 15 is 0 Å². The van der Waals surface area contributed by atoms with E-state index in [1.54, 1.807) is 30.5 Å². The van der Waals surface area contributed by atoms with Gasteiger partial charge in [-0.2, -0.15) is 5.26 Å². The molecule has 2 N–H and O–H groups in total. The highest BCUT2D eigenvalue weighted by molar-refractivity contribution is 5.50. The van der Waals surface area contributed by atoms with Gasteiger partial charge in [-0.05, 0) is 30.7 Å². The van der Waals surface area contributed by atoms with Crippen molar-refractivity contribution in [3.05, 3.63) is 47.8 Å². The van der Waals surface area contributed by atoms with Gasteiger partial charge in [-0.3, -0.25) is 0 Å². The zero-order valence-electron chi connectivity index (χ0n) is 9.34. The SMILES string of the molecule is Cc1ccc(N)cc1Oc1cccnc1C#N. The number of anilines is 1. The van der Waals surface area contributed by atoms with Crippen molar-refractivity contribution in [2.24, 2.45) is 0 Å². The molecule has 1 aromatic heterocycles. The number of nitrogen functional groups attached to an aromatic ring is 1. The second-order valence-corrected chi connectivity index (χ2v) is 3.59. The molecule has 0 unspecified atom stereocenters. The zero-order chi connectivity index (χ0) is 12.3. The second-order valence-electron chi connectivity index (χ2n) is 3.59. The normalized spacial score (nSPS) is 9.65. The van der Waals surface area contributed by atoms with Crippen LogP contribution < -0.4 is 10.5 Å². The third-order valence-corrected chi connectivity index (χ3v) is 2.31. The maximum Gasteiger partial charge on any atom is 0.183 e. The van der Waals surface area contributed by atoms with Crippen LogP contribution in [0.4, 0.5) is 5.69 Å². The Morgan fingerprint density at radius 2 is 2.12 bits per heavy atom. The molecule has 0 fully saturated rings. The molecule has 2 rings (SSSR count). The fourth-order valence-corrected chi connectivity index (χ4v) is 1.40. The summed E-state index contributed by atoms with van der Waals surface area (Å²) < 4.78 is 5.65. The average Bonchev–Trinajstić information content (AvgIpc) is 2.34. The van der Waals surface area contributed by atoms with Gasteiger partial charge in [0.15, 0.2) is 11.4 Å². The lowest BCUT2D eigenvalue weighted by Gasteiger charge is -2.09. The Labute approximate surface area is 99.3 Å². The van der Waals surface area contributed by atoms with Crippen molar-refractivity contribution in [2.75, 3.05) is 5.73 Å². The molecule has 84 valence electrons. The standard InChI is InChI=1S/C13H11N3O/c1-9-4-5-10(15)7-13(9)17-12-3-2-6-16-11(12)8-14/h2-7H,15H2,1H3. The maximum atomic E-state index is 8.90. The lowest BCUT2D eigenvalue weighted by atomic mass is 10.2. The lowest BCUT2D eigenvalue weighted by Crippen LogP contribution is -1.94. The summed E-state index contributed by atoms with van der Waals surface area (Å²) in [5, 5.41) is 8.90. The number of nitriles is 1. The summed E-state index contributed by atoms with van der Waals surface area (Å²) >= 11 is 0. The molecule has 0 aliphatic heterocycles. The molecule has 4 heteroatoms. The van der Waals surface area contributed by atoms with E-state index in [9.17, 15) is 0 Å². The summed E-state index contributed by atoms with van der Waals surface area (Å²) in [7, 11) is 0. The maximum absolute atomic E-state index is 8.90. The molecule has 0 atom stereocenters. The van der Waals surface area contributed by atoms with E-state index in [-0.39, 0.29) is 5.69 Å². The Bertz CT molecular complexity index is 587. The largest absolute Gasteiger partial charge is 0.454 e. The molecule has 1 aromatic carbocycles. The first-order chi connectivity index (χ1) is 8.20. The number of aryl methyl sites for hydroxylation is 1. The summed E-state index contributed by atoms with van der Waals surface area (Å²) in [6, 6.07) is 10.8. The molecule has 0 bridgehead atoms. The Kier molecular flexibility index (Phi) is 2.93. The van der Waals surface area contributed by atoms with Gasteiger partial charge in [0, 0.05) is 18.0 Å². The van der Waals surface area contributed by atoms with Gasteiger partial charge in [-0.15, -0.1) is 0 Å². The molecule has 0 aliphatic carbocycles. The monoisotopic (exact) mass is 225 g/mol. The topological polar surface area (TPSA) is 71.9 Å². The molecule has 1 heterocycles. The van der Waals surface area contributed by atoms with Crippen molar-refractivity contribution in [3.63, 3.8) is 0 Å². The highest BCUT2D eigenvalue weighted by atomic mass is 16.5. The van der Waals surface area contributed by atoms with Crippen LogP contribution in [0, 0.1) is 18.3 Å². The van der Waals surface area contributed by atoms with Crippen molar-refractivity contribution in [1.29, 1.82) is 5.26 Å². The van der Waals surface area contributed by atoms with E-state index < -0.39 is 0 Å². The highest BCUT2D eigenvalue weighted by Gasteiger charge is 2.07. The Morgan fingerprint density at radius 3 is 2.88 bits per heavy atom. The Balaban J connectivity index is 2.38. The number of ether oxygens (including phenoxy) is 1. The summed E-state index contributed by atoms with van der Waals surface area (Å²) in [6.07, 6.45) is 1.55. The first-order valence-electron chi connectivity index (χ1n) is 5.10. The minimum absolute atomic E-state index is 0.259. The molecule has 17 heavy (non-hydrogen) atoms. The Hall–Kier alpha value is -2.54. The van der Waals surface area contributed by atoms with Gasteiger partial charge in [0.05, 0.1) is 0 Å². The first kappa shape index (κ1) is 11.0. The third kappa shape index (κ3) is 2.34. The molecular formula is C13H11N3O. The van der Waals surface area contributed by atoms with Crippen LogP contribution in [0.3, 0.4) is 0 Å². The molecule has 4 nitrogen and oxygen atoms in total. The summed E-state index contributed by atoms with van der Waals surface area (Å²) in [5.74, 6) is 1.07. The van der Waals surface area contributed by atoms with Crippen LogP contribution in [-0.4, -0.2) is 4.98 Å². The van der Waals surface area contributed by atoms with Gasteiger partial charge in [0.1, 0.15) is 11.8 Å². The van der Waals surface area contributed by atoms with Gasteiger partial charge >= 0.3 is 0 Å². The van der Waals surface area contributed by atoms with Crippen LogP contribution in [0.2, 0.25) is 0 Å². The zero-order valence-corrected chi connectivity index (χ0v) is 9.34. The van der Waals surface area contributed by atoms with E-state index in [4.69, 9.17) is 15.7 Å². The van der Waals surface area contributed by atoms with Crippen molar-refractivity contribution < 1.29 is 4.74 Å².